The Kier molecular flexibility index (Phi) is 4.42. The molecule has 5 nitrogen and oxygen atoms in total. The van der Waals surface area contributed by atoms with Crippen molar-refractivity contribution in [3.05, 3.63) is 40.5 Å². The van der Waals surface area contributed by atoms with E-state index in [1.54, 1.807) is 0 Å². The lowest BCUT2D eigenvalue weighted by atomic mass is 9.98. The number of hydrazine groups is 1. The van der Waals surface area contributed by atoms with E-state index in [0.29, 0.717) is 16.7 Å². The monoisotopic (exact) mass is 292 g/mol. The number of hydrogen-bond donors (Lipinski definition) is 2. The van der Waals surface area contributed by atoms with Crippen LogP contribution in [0.15, 0.2) is 24.4 Å². The van der Waals surface area contributed by atoms with E-state index in [9.17, 15) is 0 Å². The van der Waals surface area contributed by atoms with Crippen molar-refractivity contribution in [3.63, 3.8) is 0 Å². The summed E-state index contributed by atoms with van der Waals surface area (Å²) < 4.78 is 5.69. The molecule has 1 aromatic heterocycles. The lowest BCUT2D eigenvalue weighted by molar-refractivity contribution is 0.462. The number of benzene rings is 1. The van der Waals surface area contributed by atoms with Gasteiger partial charge in [0.1, 0.15) is 10.8 Å². The molecular weight excluding hydrogens is 276 g/mol. The highest BCUT2D eigenvalue weighted by molar-refractivity contribution is 6.31. The first-order chi connectivity index (χ1) is 9.51. The largest absolute Gasteiger partial charge is 0.437 e. The number of aromatic nitrogens is 2. The fourth-order valence-electron chi connectivity index (χ4n) is 1.96. The second-order valence-corrected chi connectivity index (χ2v) is 5.17. The molecule has 3 N–H and O–H groups in total. The Hall–Kier alpha value is -1.85. The van der Waals surface area contributed by atoms with E-state index in [4.69, 9.17) is 22.2 Å². The predicted molar refractivity (Wildman–Crippen MR) is 80.2 cm³/mol. The van der Waals surface area contributed by atoms with Crippen LogP contribution in [0.4, 0.5) is 5.95 Å². The van der Waals surface area contributed by atoms with Gasteiger partial charge in [-0.1, -0.05) is 31.5 Å². The Balaban J connectivity index is 2.28. The van der Waals surface area contributed by atoms with Crippen LogP contribution in [0.25, 0.3) is 0 Å². The Morgan fingerprint density at radius 2 is 2.10 bits per heavy atom. The maximum absolute atomic E-state index is 6.01. The summed E-state index contributed by atoms with van der Waals surface area (Å²) >= 11 is 6.01. The van der Waals surface area contributed by atoms with Crippen LogP contribution in [0.1, 0.15) is 30.9 Å². The number of halogens is 1. The second kappa shape index (κ2) is 6.07. The van der Waals surface area contributed by atoms with Gasteiger partial charge in [-0.3, -0.25) is 5.43 Å². The van der Waals surface area contributed by atoms with Crippen molar-refractivity contribution in [1.29, 1.82) is 0 Å². The molecule has 2 aromatic rings. The van der Waals surface area contributed by atoms with Gasteiger partial charge in [0, 0.05) is 0 Å². The molecule has 0 amide bonds. The van der Waals surface area contributed by atoms with Gasteiger partial charge in [0.25, 0.3) is 0 Å². The molecule has 1 aromatic carbocycles. The zero-order valence-corrected chi connectivity index (χ0v) is 12.4. The number of ether oxygens (including phenoxy) is 1. The molecule has 0 saturated heterocycles. The van der Waals surface area contributed by atoms with Crippen molar-refractivity contribution in [1.82, 2.24) is 9.97 Å². The van der Waals surface area contributed by atoms with Crippen LogP contribution in [-0.2, 0) is 0 Å². The average Bonchev–Trinajstić information content (AvgIpc) is 2.41. The lowest BCUT2D eigenvalue weighted by Gasteiger charge is -2.12. The first kappa shape index (κ1) is 14.6. The number of nitrogens with one attached hydrogen (secondary N) is 1. The SMILES string of the molecule is Cc1cc(Oc2nc(NN)ncc2Cl)ccc1C(C)C. The average molecular weight is 293 g/mol. The molecule has 0 unspecified atom stereocenters. The van der Waals surface area contributed by atoms with Crippen LogP contribution in [-0.4, -0.2) is 9.97 Å². The molecule has 0 aliphatic carbocycles. The van der Waals surface area contributed by atoms with Crippen molar-refractivity contribution in [3.8, 4) is 11.6 Å². The van der Waals surface area contributed by atoms with Gasteiger partial charge in [-0.25, -0.2) is 10.8 Å². The zero-order valence-electron chi connectivity index (χ0n) is 11.6. The van der Waals surface area contributed by atoms with Crippen LogP contribution in [0, 0.1) is 6.92 Å². The van der Waals surface area contributed by atoms with Crippen molar-refractivity contribution in [2.45, 2.75) is 26.7 Å². The summed E-state index contributed by atoms with van der Waals surface area (Å²) in [7, 11) is 0. The standard InChI is InChI=1S/C14H17ClN4O/c1-8(2)11-5-4-10(6-9(11)3)20-13-12(15)7-17-14(18-13)19-16/h4-8H,16H2,1-3H3,(H,17,18,19). The zero-order chi connectivity index (χ0) is 14.7. The van der Waals surface area contributed by atoms with Crippen LogP contribution in [0.2, 0.25) is 5.02 Å². The fraction of sp³-hybridized carbons (Fsp3) is 0.286. The van der Waals surface area contributed by atoms with E-state index in [2.05, 4.69) is 36.2 Å². The molecule has 1 heterocycles. The minimum Gasteiger partial charge on any atom is -0.437 e. The van der Waals surface area contributed by atoms with E-state index in [0.717, 1.165) is 0 Å². The molecule has 0 aliphatic rings. The topological polar surface area (TPSA) is 73.1 Å². The number of nitrogens with zero attached hydrogens (tertiary/aromatic N) is 2. The summed E-state index contributed by atoms with van der Waals surface area (Å²) in [6, 6.07) is 5.91. The van der Waals surface area contributed by atoms with Gasteiger partial charge in [-0.05, 0) is 36.1 Å². The van der Waals surface area contributed by atoms with Crippen LogP contribution >= 0.6 is 11.6 Å². The van der Waals surface area contributed by atoms with Gasteiger partial charge in [0.2, 0.25) is 11.8 Å². The van der Waals surface area contributed by atoms with E-state index >= 15 is 0 Å². The molecule has 6 heteroatoms. The van der Waals surface area contributed by atoms with Crippen LogP contribution in [0.5, 0.6) is 11.6 Å². The highest BCUT2D eigenvalue weighted by Gasteiger charge is 2.09. The van der Waals surface area contributed by atoms with Gasteiger partial charge < -0.3 is 4.74 Å². The van der Waals surface area contributed by atoms with Crippen LogP contribution in [0.3, 0.4) is 0 Å². The molecule has 0 bridgehead atoms. The van der Waals surface area contributed by atoms with E-state index < -0.39 is 0 Å². The van der Waals surface area contributed by atoms with Crippen molar-refractivity contribution >= 4 is 17.5 Å². The molecule has 0 saturated carbocycles. The predicted octanol–water partition coefficient (Wildman–Crippen LogP) is 3.64. The molecule has 2 rings (SSSR count). The molecule has 0 radical (unpaired) electrons. The fourth-order valence-corrected chi connectivity index (χ4v) is 2.09. The normalized spacial score (nSPS) is 10.7. The minimum absolute atomic E-state index is 0.250. The van der Waals surface area contributed by atoms with Crippen molar-refractivity contribution in [2.24, 2.45) is 5.84 Å². The summed E-state index contributed by atoms with van der Waals surface area (Å²) in [6.07, 6.45) is 1.44. The summed E-state index contributed by atoms with van der Waals surface area (Å²) in [6.45, 7) is 6.36. The Labute approximate surface area is 123 Å². The highest BCUT2D eigenvalue weighted by Crippen LogP contribution is 2.30. The smallest absolute Gasteiger partial charge is 0.243 e. The summed E-state index contributed by atoms with van der Waals surface area (Å²) in [5.41, 5.74) is 4.81. The van der Waals surface area contributed by atoms with Gasteiger partial charge in [-0.15, -0.1) is 0 Å². The van der Waals surface area contributed by atoms with E-state index in [1.165, 1.54) is 17.3 Å². The molecule has 0 spiro atoms. The van der Waals surface area contributed by atoms with E-state index in [-0.39, 0.29) is 11.8 Å². The molecular formula is C14H17ClN4O. The van der Waals surface area contributed by atoms with Crippen molar-refractivity contribution < 1.29 is 4.74 Å². The number of hydrogen-bond acceptors (Lipinski definition) is 5. The number of aryl methyl sites for hydroxylation is 1. The number of anilines is 1. The Morgan fingerprint density at radius 3 is 2.70 bits per heavy atom. The number of nitrogens with two attached hydrogens (primary N) is 1. The molecule has 0 fully saturated rings. The number of nitrogen functional groups attached to an aromatic ring is 1. The third kappa shape index (κ3) is 3.18. The van der Waals surface area contributed by atoms with Gasteiger partial charge in [0.05, 0.1) is 6.20 Å². The molecule has 106 valence electrons. The Bertz CT molecular complexity index is 616. The summed E-state index contributed by atoms with van der Waals surface area (Å²) in [5.74, 6) is 6.93. The maximum atomic E-state index is 6.01. The molecule has 20 heavy (non-hydrogen) atoms. The molecule has 0 aliphatic heterocycles. The third-order valence-corrected chi connectivity index (χ3v) is 3.18. The number of rotatable bonds is 4. The maximum Gasteiger partial charge on any atom is 0.243 e. The van der Waals surface area contributed by atoms with Gasteiger partial charge in [0.15, 0.2) is 0 Å². The third-order valence-electron chi connectivity index (χ3n) is 2.92. The summed E-state index contributed by atoms with van der Waals surface area (Å²) in [5, 5.41) is 0.328. The van der Waals surface area contributed by atoms with Gasteiger partial charge in [-0.2, -0.15) is 4.98 Å². The lowest BCUT2D eigenvalue weighted by Crippen LogP contribution is -2.10. The van der Waals surface area contributed by atoms with Crippen LogP contribution < -0.4 is 16.0 Å². The first-order valence-electron chi connectivity index (χ1n) is 6.29. The second-order valence-electron chi connectivity index (χ2n) is 4.77. The highest BCUT2D eigenvalue weighted by atomic mass is 35.5. The quantitative estimate of drug-likeness (QED) is 0.665. The van der Waals surface area contributed by atoms with E-state index in [1.807, 2.05) is 18.2 Å². The molecule has 0 atom stereocenters. The van der Waals surface area contributed by atoms with Crippen molar-refractivity contribution in [2.75, 3.05) is 5.43 Å². The Morgan fingerprint density at radius 1 is 1.35 bits per heavy atom. The minimum atomic E-state index is 0.250. The first-order valence-corrected chi connectivity index (χ1v) is 6.66. The summed E-state index contributed by atoms with van der Waals surface area (Å²) in [4.78, 5) is 7.97. The van der Waals surface area contributed by atoms with Gasteiger partial charge >= 0.3 is 0 Å².